The predicted molar refractivity (Wildman–Crippen MR) is 94.3 cm³/mol. The highest BCUT2D eigenvalue weighted by atomic mass is 16.5. The average molecular weight is 335 g/mol. The van der Waals surface area contributed by atoms with E-state index in [0.717, 1.165) is 30.9 Å². The van der Waals surface area contributed by atoms with E-state index < -0.39 is 6.10 Å². The van der Waals surface area contributed by atoms with E-state index in [4.69, 9.17) is 9.47 Å². The minimum atomic E-state index is -0.401. The molecule has 2 N–H and O–H groups in total. The summed E-state index contributed by atoms with van der Waals surface area (Å²) < 4.78 is 10.9. The van der Waals surface area contributed by atoms with Crippen LogP contribution in [0.4, 0.5) is 0 Å². The van der Waals surface area contributed by atoms with Crippen molar-refractivity contribution in [3.05, 3.63) is 29.8 Å². The van der Waals surface area contributed by atoms with E-state index in [9.17, 15) is 4.79 Å². The molecule has 2 atom stereocenters. The molecule has 6 nitrogen and oxygen atoms in total. The second-order valence-corrected chi connectivity index (χ2v) is 5.82. The Kier molecular flexibility index (Phi) is 7.49. The molecule has 24 heavy (non-hydrogen) atoms. The molecule has 1 heterocycles. The van der Waals surface area contributed by atoms with Crippen LogP contribution in [-0.4, -0.2) is 63.4 Å². The second kappa shape index (κ2) is 9.61. The molecule has 0 bridgehead atoms. The van der Waals surface area contributed by atoms with Gasteiger partial charge in [-0.1, -0.05) is 26.0 Å². The van der Waals surface area contributed by atoms with Gasteiger partial charge in [0.05, 0.1) is 19.8 Å². The van der Waals surface area contributed by atoms with Crippen molar-refractivity contribution in [1.82, 2.24) is 15.5 Å². The maximum absolute atomic E-state index is 12.3. The lowest BCUT2D eigenvalue weighted by atomic mass is 10.0. The van der Waals surface area contributed by atoms with Gasteiger partial charge in [0.2, 0.25) is 0 Å². The fraction of sp³-hybridized carbons (Fsp3) is 0.611. The first-order chi connectivity index (χ1) is 11.7. The Morgan fingerprint density at radius 3 is 2.88 bits per heavy atom. The van der Waals surface area contributed by atoms with Crippen LogP contribution in [-0.2, 0) is 9.53 Å². The van der Waals surface area contributed by atoms with E-state index in [-0.39, 0.29) is 11.9 Å². The molecule has 1 fully saturated rings. The molecule has 0 aromatic heterocycles. The highest BCUT2D eigenvalue weighted by molar-refractivity contribution is 5.81. The first-order valence-electron chi connectivity index (χ1n) is 8.67. The van der Waals surface area contributed by atoms with E-state index in [2.05, 4.69) is 35.4 Å². The van der Waals surface area contributed by atoms with Gasteiger partial charge in [-0.05, 0) is 30.8 Å². The molecule has 0 spiro atoms. The monoisotopic (exact) mass is 335 g/mol. The summed E-state index contributed by atoms with van der Waals surface area (Å²) in [6, 6.07) is 8.14. The number of morpholine rings is 1. The molecule has 0 saturated carbocycles. The molecule has 1 amide bonds. The van der Waals surface area contributed by atoms with Crippen LogP contribution < -0.4 is 15.4 Å². The first-order valence-corrected chi connectivity index (χ1v) is 8.67. The smallest absolute Gasteiger partial charge is 0.250 e. The Balaban J connectivity index is 2.06. The van der Waals surface area contributed by atoms with Crippen LogP contribution in [0.5, 0.6) is 5.75 Å². The zero-order valence-electron chi connectivity index (χ0n) is 14.9. The van der Waals surface area contributed by atoms with Gasteiger partial charge in [0.25, 0.3) is 5.91 Å². The van der Waals surface area contributed by atoms with E-state index in [0.29, 0.717) is 19.7 Å². The van der Waals surface area contributed by atoms with Gasteiger partial charge in [-0.15, -0.1) is 0 Å². The molecule has 1 aromatic rings. The van der Waals surface area contributed by atoms with Gasteiger partial charge >= 0.3 is 0 Å². The standard InChI is InChI=1S/C18H29N3O3/c1-4-21(5-2)16(14-7-6-8-15(11-14)23-3)12-20-18(22)17-13-19-9-10-24-17/h6-8,11,16-17,19H,4-5,9-10,12-13H2,1-3H3,(H,20,22). The first kappa shape index (κ1) is 18.7. The third kappa shape index (κ3) is 4.93. The molecule has 0 radical (unpaired) electrons. The highest BCUT2D eigenvalue weighted by Crippen LogP contribution is 2.23. The highest BCUT2D eigenvalue weighted by Gasteiger charge is 2.24. The number of nitrogens with zero attached hydrogens (tertiary/aromatic N) is 1. The number of methoxy groups -OCH3 is 1. The van der Waals surface area contributed by atoms with E-state index in [1.807, 2.05) is 18.2 Å². The molecule has 2 rings (SSSR count). The van der Waals surface area contributed by atoms with Gasteiger partial charge in [0.1, 0.15) is 11.9 Å². The number of nitrogens with one attached hydrogen (secondary N) is 2. The number of benzene rings is 1. The molecule has 1 aromatic carbocycles. The maximum Gasteiger partial charge on any atom is 0.250 e. The fourth-order valence-electron chi connectivity index (χ4n) is 3.02. The number of amides is 1. The van der Waals surface area contributed by atoms with E-state index in [1.165, 1.54) is 0 Å². The van der Waals surface area contributed by atoms with Gasteiger partial charge in [-0.25, -0.2) is 0 Å². The summed E-state index contributed by atoms with van der Waals surface area (Å²) in [7, 11) is 1.67. The Morgan fingerprint density at radius 1 is 1.46 bits per heavy atom. The molecule has 134 valence electrons. The quantitative estimate of drug-likeness (QED) is 0.747. The third-order valence-corrected chi connectivity index (χ3v) is 4.42. The third-order valence-electron chi connectivity index (χ3n) is 4.42. The van der Waals surface area contributed by atoms with Gasteiger partial charge in [0.15, 0.2) is 0 Å². The van der Waals surface area contributed by atoms with Crippen molar-refractivity contribution < 1.29 is 14.3 Å². The number of ether oxygens (including phenoxy) is 2. The van der Waals surface area contributed by atoms with Gasteiger partial charge in [-0.2, -0.15) is 0 Å². The fourth-order valence-corrected chi connectivity index (χ4v) is 3.02. The number of carbonyl (C=O) groups excluding carboxylic acids is 1. The summed E-state index contributed by atoms with van der Waals surface area (Å²) in [6.07, 6.45) is -0.401. The van der Waals surface area contributed by atoms with Crippen LogP contribution in [0.3, 0.4) is 0 Å². The molecule has 6 heteroatoms. The number of carbonyl (C=O) groups is 1. The largest absolute Gasteiger partial charge is 0.497 e. The molecule has 1 aliphatic heterocycles. The van der Waals surface area contributed by atoms with E-state index >= 15 is 0 Å². The van der Waals surface area contributed by atoms with Crippen LogP contribution in [0.2, 0.25) is 0 Å². The van der Waals surface area contributed by atoms with Crippen molar-refractivity contribution in [2.24, 2.45) is 0 Å². The molecular formula is C18H29N3O3. The molecular weight excluding hydrogens is 306 g/mol. The molecule has 2 unspecified atom stereocenters. The topological polar surface area (TPSA) is 62.8 Å². The SMILES string of the molecule is CCN(CC)C(CNC(=O)C1CNCCO1)c1cccc(OC)c1. The molecule has 0 aliphatic carbocycles. The normalized spacial score (nSPS) is 19.1. The Morgan fingerprint density at radius 2 is 2.25 bits per heavy atom. The summed E-state index contributed by atoms with van der Waals surface area (Å²) in [6.45, 7) is 8.59. The summed E-state index contributed by atoms with van der Waals surface area (Å²) in [5.41, 5.74) is 1.14. The maximum atomic E-state index is 12.3. The molecule has 1 saturated heterocycles. The van der Waals surface area contributed by atoms with E-state index in [1.54, 1.807) is 7.11 Å². The lowest BCUT2D eigenvalue weighted by molar-refractivity contribution is -0.134. The Hall–Kier alpha value is -1.63. The van der Waals surface area contributed by atoms with Crippen molar-refractivity contribution in [2.75, 3.05) is 46.4 Å². The predicted octanol–water partition coefficient (Wildman–Crippen LogP) is 1.18. The Bertz CT molecular complexity index is 514. The van der Waals surface area contributed by atoms with Crippen molar-refractivity contribution in [2.45, 2.75) is 26.0 Å². The summed E-state index contributed by atoms with van der Waals surface area (Å²) in [5.74, 6) is 0.776. The number of hydrogen-bond donors (Lipinski definition) is 2. The summed E-state index contributed by atoms with van der Waals surface area (Å²) in [4.78, 5) is 14.7. The summed E-state index contributed by atoms with van der Waals surface area (Å²) >= 11 is 0. The second-order valence-electron chi connectivity index (χ2n) is 5.82. The summed E-state index contributed by atoms with van der Waals surface area (Å²) in [5, 5.41) is 6.23. The van der Waals surface area contributed by atoms with Crippen LogP contribution in [0.25, 0.3) is 0 Å². The van der Waals surface area contributed by atoms with Crippen molar-refractivity contribution in [1.29, 1.82) is 0 Å². The van der Waals surface area contributed by atoms with Crippen molar-refractivity contribution in [3.63, 3.8) is 0 Å². The van der Waals surface area contributed by atoms with Crippen molar-refractivity contribution >= 4 is 5.91 Å². The lowest BCUT2D eigenvalue weighted by Gasteiger charge is -2.31. The van der Waals surface area contributed by atoms with Crippen LogP contribution in [0.1, 0.15) is 25.5 Å². The Labute approximate surface area is 144 Å². The minimum absolute atomic E-state index is 0.0535. The van der Waals surface area contributed by atoms with Gasteiger partial charge in [0, 0.05) is 19.6 Å². The van der Waals surface area contributed by atoms with Crippen molar-refractivity contribution in [3.8, 4) is 5.75 Å². The van der Waals surface area contributed by atoms with Crippen LogP contribution in [0, 0.1) is 0 Å². The van der Waals surface area contributed by atoms with Crippen LogP contribution in [0.15, 0.2) is 24.3 Å². The zero-order chi connectivity index (χ0) is 17.4. The average Bonchev–Trinajstić information content (AvgIpc) is 2.65. The molecule has 1 aliphatic rings. The van der Waals surface area contributed by atoms with Crippen LogP contribution >= 0.6 is 0 Å². The zero-order valence-corrected chi connectivity index (χ0v) is 14.9. The van der Waals surface area contributed by atoms with Gasteiger partial charge in [-0.3, -0.25) is 9.69 Å². The van der Waals surface area contributed by atoms with Gasteiger partial charge < -0.3 is 20.1 Å². The minimum Gasteiger partial charge on any atom is -0.497 e. The number of rotatable bonds is 8. The number of likely N-dealkylation sites (N-methyl/N-ethyl adjacent to an activating group) is 1. The lowest BCUT2D eigenvalue weighted by Crippen LogP contribution is -2.49. The number of hydrogen-bond acceptors (Lipinski definition) is 5.